The minimum Gasteiger partial charge on any atom is -0.495 e. The van der Waals surface area contributed by atoms with Crippen LogP contribution < -0.4 is 15.2 Å². The summed E-state index contributed by atoms with van der Waals surface area (Å²) >= 11 is 3.28. The van der Waals surface area contributed by atoms with Crippen LogP contribution in [0.5, 0.6) is 5.75 Å². The normalized spacial score (nSPS) is 17.4. The molecule has 21 heavy (non-hydrogen) atoms. The van der Waals surface area contributed by atoms with Crippen LogP contribution in [0.3, 0.4) is 0 Å². The minimum absolute atomic E-state index is 0.00734. The molecular formula is C14H21BrN2O3S. The molecule has 0 bridgehead atoms. The highest BCUT2D eigenvalue weighted by atomic mass is 79.9. The van der Waals surface area contributed by atoms with Gasteiger partial charge in [-0.2, -0.15) is 0 Å². The Morgan fingerprint density at radius 1 is 1.24 bits per heavy atom. The summed E-state index contributed by atoms with van der Waals surface area (Å²) < 4.78 is 33.8. The van der Waals surface area contributed by atoms with E-state index in [-0.39, 0.29) is 16.7 Å². The number of rotatable bonds is 4. The standard InChI is InChI=1S/C14H21BrN2O3S/c1-20-13-8-11(15)12(16)9-14(13)21(18,19)17-10-6-4-2-3-5-7-10/h8-10,17H,2-7,16H2,1H3. The number of hydrogen-bond donors (Lipinski definition) is 2. The van der Waals surface area contributed by atoms with Gasteiger partial charge in [0.05, 0.1) is 7.11 Å². The Morgan fingerprint density at radius 2 is 1.86 bits per heavy atom. The zero-order valence-electron chi connectivity index (χ0n) is 12.1. The topological polar surface area (TPSA) is 81.4 Å². The summed E-state index contributed by atoms with van der Waals surface area (Å²) in [6.45, 7) is 0. The number of nitrogens with one attached hydrogen (secondary N) is 1. The molecule has 5 nitrogen and oxygen atoms in total. The lowest BCUT2D eigenvalue weighted by Gasteiger charge is -2.18. The number of nitrogen functional groups attached to an aromatic ring is 1. The fraction of sp³-hybridized carbons (Fsp3) is 0.571. The summed E-state index contributed by atoms with van der Waals surface area (Å²) in [4.78, 5) is 0.0925. The predicted molar refractivity (Wildman–Crippen MR) is 86.9 cm³/mol. The van der Waals surface area contributed by atoms with Gasteiger partial charge < -0.3 is 10.5 Å². The number of methoxy groups -OCH3 is 1. The van der Waals surface area contributed by atoms with Gasteiger partial charge in [-0.3, -0.25) is 0 Å². The molecule has 7 heteroatoms. The van der Waals surface area contributed by atoms with Crippen molar-refractivity contribution in [3.63, 3.8) is 0 Å². The molecule has 0 spiro atoms. The lowest BCUT2D eigenvalue weighted by molar-refractivity contribution is 0.401. The summed E-state index contributed by atoms with van der Waals surface area (Å²) in [6.07, 6.45) is 6.24. The van der Waals surface area contributed by atoms with E-state index in [4.69, 9.17) is 10.5 Å². The van der Waals surface area contributed by atoms with Crippen LogP contribution in [-0.2, 0) is 10.0 Å². The highest BCUT2D eigenvalue weighted by Gasteiger charge is 2.25. The Hall–Kier alpha value is -0.790. The van der Waals surface area contributed by atoms with Crippen molar-refractivity contribution < 1.29 is 13.2 Å². The molecule has 1 fully saturated rings. The third-order valence-electron chi connectivity index (χ3n) is 3.75. The Bertz CT molecular complexity index is 596. The monoisotopic (exact) mass is 376 g/mol. The second kappa shape index (κ2) is 6.98. The maximum absolute atomic E-state index is 12.6. The molecule has 0 aliphatic heterocycles. The van der Waals surface area contributed by atoms with Gasteiger partial charge >= 0.3 is 0 Å². The second-order valence-electron chi connectivity index (χ2n) is 5.33. The molecule has 0 unspecified atom stereocenters. The van der Waals surface area contributed by atoms with Crippen molar-refractivity contribution in [2.45, 2.75) is 49.5 Å². The molecule has 1 aromatic carbocycles. The molecule has 1 aliphatic carbocycles. The maximum Gasteiger partial charge on any atom is 0.244 e. The van der Waals surface area contributed by atoms with Crippen LogP contribution in [0, 0.1) is 0 Å². The van der Waals surface area contributed by atoms with Crippen molar-refractivity contribution in [2.24, 2.45) is 0 Å². The smallest absolute Gasteiger partial charge is 0.244 e. The molecule has 118 valence electrons. The van der Waals surface area contributed by atoms with Crippen LogP contribution in [0.4, 0.5) is 5.69 Å². The van der Waals surface area contributed by atoms with Crippen molar-refractivity contribution in [1.29, 1.82) is 0 Å². The molecule has 0 radical (unpaired) electrons. The SMILES string of the molecule is COc1cc(Br)c(N)cc1S(=O)(=O)NC1CCCCCC1. The average Bonchev–Trinajstić information content (AvgIpc) is 2.69. The fourth-order valence-corrected chi connectivity index (χ4v) is 4.41. The summed E-state index contributed by atoms with van der Waals surface area (Å²) in [5, 5.41) is 0. The molecule has 0 aromatic heterocycles. The molecule has 1 saturated carbocycles. The predicted octanol–water partition coefficient (Wildman–Crippen LogP) is 3.04. The average molecular weight is 377 g/mol. The first kappa shape index (κ1) is 16.6. The van der Waals surface area contributed by atoms with Gasteiger partial charge in [0, 0.05) is 16.2 Å². The van der Waals surface area contributed by atoms with E-state index < -0.39 is 10.0 Å². The molecule has 1 aromatic rings. The van der Waals surface area contributed by atoms with E-state index in [1.165, 1.54) is 26.0 Å². The van der Waals surface area contributed by atoms with Gasteiger partial charge in [-0.15, -0.1) is 0 Å². The van der Waals surface area contributed by atoms with Crippen LogP contribution in [0.25, 0.3) is 0 Å². The van der Waals surface area contributed by atoms with E-state index >= 15 is 0 Å². The van der Waals surface area contributed by atoms with Crippen molar-refractivity contribution in [3.8, 4) is 5.75 Å². The first-order valence-electron chi connectivity index (χ1n) is 7.09. The molecule has 0 atom stereocenters. The fourth-order valence-electron chi connectivity index (χ4n) is 2.60. The Balaban J connectivity index is 2.28. The highest BCUT2D eigenvalue weighted by Crippen LogP contribution is 2.32. The second-order valence-corrected chi connectivity index (χ2v) is 7.87. The van der Waals surface area contributed by atoms with E-state index in [1.54, 1.807) is 6.07 Å². The van der Waals surface area contributed by atoms with Crippen LogP contribution in [0.1, 0.15) is 38.5 Å². The van der Waals surface area contributed by atoms with Gasteiger partial charge in [-0.25, -0.2) is 13.1 Å². The molecule has 0 heterocycles. The number of nitrogens with two attached hydrogens (primary N) is 1. The van der Waals surface area contributed by atoms with Crippen molar-refractivity contribution >= 4 is 31.6 Å². The zero-order valence-corrected chi connectivity index (χ0v) is 14.5. The quantitative estimate of drug-likeness (QED) is 0.624. The van der Waals surface area contributed by atoms with Crippen molar-refractivity contribution in [1.82, 2.24) is 4.72 Å². The Morgan fingerprint density at radius 3 is 2.43 bits per heavy atom. The summed E-state index contributed by atoms with van der Waals surface area (Å²) in [6, 6.07) is 3.01. The van der Waals surface area contributed by atoms with Gasteiger partial charge in [-0.1, -0.05) is 25.7 Å². The van der Waals surface area contributed by atoms with Crippen molar-refractivity contribution in [3.05, 3.63) is 16.6 Å². The van der Waals surface area contributed by atoms with E-state index in [0.717, 1.165) is 25.7 Å². The van der Waals surface area contributed by atoms with E-state index in [1.807, 2.05) is 0 Å². The molecule has 2 rings (SSSR count). The first-order valence-corrected chi connectivity index (χ1v) is 9.37. The Kier molecular flexibility index (Phi) is 5.51. The molecule has 0 amide bonds. The van der Waals surface area contributed by atoms with Crippen LogP contribution >= 0.6 is 15.9 Å². The van der Waals surface area contributed by atoms with Crippen LogP contribution in [0.2, 0.25) is 0 Å². The highest BCUT2D eigenvalue weighted by molar-refractivity contribution is 9.10. The molecule has 1 aliphatic rings. The van der Waals surface area contributed by atoms with Gasteiger partial charge in [0.1, 0.15) is 10.6 Å². The summed E-state index contributed by atoms with van der Waals surface area (Å²) in [7, 11) is -2.19. The van der Waals surface area contributed by atoms with E-state index in [0.29, 0.717) is 10.2 Å². The first-order chi connectivity index (χ1) is 9.94. The number of sulfonamides is 1. The zero-order chi connectivity index (χ0) is 15.5. The van der Waals surface area contributed by atoms with Gasteiger partial charge in [-0.05, 0) is 40.9 Å². The summed E-state index contributed by atoms with van der Waals surface area (Å²) in [5.41, 5.74) is 6.18. The van der Waals surface area contributed by atoms with E-state index in [2.05, 4.69) is 20.7 Å². The third kappa shape index (κ3) is 4.11. The number of halogens is 1. The number of hydrogen-bond acceptors (Lipinski definition) is 4. The lowest BCUT2D eigenvalue weighted by atomic mass is 10.1. The van der Waals surface area contributed by atoms with Crippen molar-refractivity contribution in [2.75, 3.05) is 12.8 Å². The Labute approximate surface area is 134 Å². The summed E-state index contributed by atoms with van der Waals surface area (Å²) in [5.74, 6) is 0.289. The van der Waals surface area contributed by atoms with Gasteiger partial charge in [0.25, 0.3) is 0 Å². The largest absolute Gasteiger partial charge is 0.495 e. The minimum atomic E-state index is -3.63. The van der Waals surface area contributed by atoms with E-state index in [9.17, 15) is 8.42 Å². The number of benzene rings is 1. The van der Waals surface area contributed by atoms with Crippen LogP contribution in [0.15, 0.2) is 21.5 Å². The third-order valence-corrected chi connectivity index (χ3v) is 5.98. The lowest BCUT2D eigenvalue weighted by Crippen LogP contribution is -2.34. The maximum atomic E-state index is 12.6. The number of ether oxygens (including phenoxy) is 1. The van der Waals surface area contributed by atoms with Crippen LogP contribution in [-0.4, -0.2) is 21.6 Å². The molecule has 3 N–H and O–H groups in total. The number of anilines is 1. The van der Waals surface area contributed by atoms with Gasteiger partial charge in [0.2, 0.25) is 10.0 Å². The van der Waals surface area contributed by atoms with Gasteiger partial charge in [0.15, 0.2) is 0 Å². The molecule has 0 saturated heterocycles. The molecular weight excluding hydrogens is 356 g/mol.